The second-order valence-corrected chi connectivity index (χ2v) is 5.38. The Morgan fingerprint density at radius 1 is 0.952 bits per heavy atom. The molecular formula is C17H18F2N2. The normalized spacial score (nSPS) is 25.7. The topological polar surface area (TPSA) is 15.3 Å². The Morgan fingerprint density at radius 2 is 1.43 bits per heavy atom. The van der Waals surface area contributed by atoms with Crippen molar-refractivity contribution in [2.75, 3.05) is 13.6 Å². The number of hydrogen-bond donors (Lipinski definition) is 1. The minimum absolute atomic E-state index is 0.129. The summed E-state index contributed by atoms with van der Waals surface area (Å²) in [4.78, 5) is 1.75. The maximum atomic E-state index is 15.0. The highest BCUT2D eigenvalue weighted by Crippen LogP contribution is 2.41. The highest BCUT2D eigenvalue weighted by molar-refractivity contribution is 5.40. The van der Waals surface area contributed by atoms with Crippen molar-refractivity contribution in [3.63, 3.8) is 0 Å². The number of halogens is 2. The molecular weight excluding hydrogens is 270 g/mol. The van der Waals surface area contributed by atoms with E-state index in [0.29, 0.717) is 0 Å². The third-order valence-electron chi connectivity index (χ3n) is 4.16. The van der Waals surface area contributed by atoms with E-state index in [4.69, 9.17) is 0 Å². The summed E-state index contributed by atoms with van der Waals surface area (Å²) in [6.45, 7) is 0.129. The van der Waals surface area contributed by atoms with Crippen molar-refractivity contribution < 1.29 is 8.78 Å². The third-order valence-corrected chi connectivity index (χ3v) is 4.16. The van der Waals surface area contributed by atoms with Crippen LogP contribution in [-0.2, 0) is 5.54 Å². The Morgan fingerprint density at radius 3 is 1.86 bits per heavy atom. The predicted octanol–water partition coefficient (Wildman–Crippen LogP) is 3.06. The Labute approximate surface area is 123 Å². The SMILES string of the molecule is CN1CC(F)NC(F)C1(c1ccccc1)c1ccccc1. The van der Waals surface area contributed by atoms with Crippen molar-refractivity contribution in [2.24, 2.45) is 0 Å². The summed E-state index contributed by atoms with van der Waals surface area (Å²) in [6, 6.07) is 18.8. The molecule has 21 heavy (non-hydrogen) atoms. The lowest BCUT2D eigenvalue weighted by Crippen LogP contribution is -2.65. The van der Waals surface area contributed by atoms with Gasteiger partial charge in [-0.25, -0.2) is 8.78 Å². The molecule has 0 aliphatic carbocycles. The summed E-state index contributed by atoms with van der Waals surface area (Å²) in [6.07, 6.45) is -2.90. The first-order valence-electron chi connectivity index (χ1n) is 7.02. The van der Waals surface area contributed by atoms with Gasteiger partial charge in [0.1, 0.15) is 5.54 Å². The molecule has 0 saturated carbocycles. The van der Waals surface area contributed by atoms with Crippen LogP contribution in [0.5, 0.6) is 0 Å². The molecule has 0 spiro atoms. The molecule has 1 aliphatic rings. The number of benzene rings is 2. The monoisotopic (exact) mass is 288 g/mol. The molecule has 2 atom stereocenters. The van der Waals surface area contributed by atoms with Gasteiger partial charge in [0, 0.05) is 6.54 Å². The second kappa shape index (κ2) is 5.54. The Kier molecular flexibility index (Phi) is 3.74. The summed E-state index contributed by atoms with van der Waals surface area (Å²) in [5.41, 5.74) is 0.599. The molecule has 1 heterocycles. The molecule has 1 N–H and O–H groups in total. The molecule has 2 nitrogen and oxygen atoms in total. The van der Waals surface area contributed by atoms with Crippen molar-refractivity contribution in [3.05, 3.63) is 71.8 Å². The van der Waals surface area contributed by atoms with Crippen LogP contribution in [0.2, 0.25) is 0 Å². The number of piperazine rings is 1. The minimum atomic E-state index is -1.53. The number of nitrogens with one attached hydrogen (secondary N) is 1. The Balaban J connectivity index is 2.20. The van der Waals surface area contributed by atoms with Crippen molar-refractivity contribution in [1.29, 1.82) is 0 Å². The van der Waals surface area contributed by atoms with Crippen LogP contribution in [0.3, 0.4) is 0 Å². The molecule has 0 radical (unpaired) electrons. The molecule has 0 bridgehead atoms. The van der Waals surface area contributed by atoms with Crippen LogP contribution in [0.1, 0.15) is 11.1 Å². The van der Waals surface area contributed by atoms with Gasteiger partial charge in [0.2, 0.25) is 0 Å². The van der Waals surface area contributed by atoms with Crippen LogP contribution in [0, 0.1) is 0 Å². The highest BCUT2D eigenvalue weighted by Gasteiger charge is 2.50. The van der Waals surface area contributed by atoms with Gasteiger partial charge in [0.15, 0.2) is 12.6 Å². The number of rotatable bonds is 2. The van der Waals surface area contributed by atoms with Crippen LogP contribution in [0.4, 0.5) is 8.78 Å². The van der Waals surface area contributed by atoms with Gasteiger partial charge in [-0.2, -0.15) is 0 Å². The zero-order valence-electron chi connectivity index (χ0n) is 11.8. The molecule has 1 fully saturated rings. The molecule has 1 aliphatic heterocycles. The standard InChI is InChI=1S/C17H18F2N2/c1-21-12-15(18)20-16(19)17(21,13-8-4-2-5-9-13)14-10-6-3-7-11-14/h2-11,15-16,20H,12H2,1H3. The van der Waals surface area contributed by atoms with Gasteiger partial charge in [-0.3, -0.25) is 10.2 Å². The van der Waals surface area contributed by atoms with E-state index in [9.17, 15) is 8.78 Å². The fourth-order valence-electron chi connectivity index (χ4n) is 3.19. The molecule has 2 aromatic rings. The van der Waals surface area contributed by atoms with Gasteiger partial charge in [-0.15, -0.1) is 0 Å². The maximum Gasteiger partial charge on any atom is 0.180 e. The maximum absolute atomic E-state index is 15.0. The van der Waals surface area contributed by atoms with Crippen molar-refractivity contribution in [1.82, 2.24) is 10.2 Å². The van der Waals surface area contributed by atoms with E-state index in [0.717, 1.165) is 11.1 Å². The minimum Gasteiger partial charge on any atom is -0.285 e. The summed E-state index contributed by atoms with van der Waals surface area (Å²) in [5, 5.41) is 2.42. The number of alkyl halides is 2. The second-order valence-electron chi connectivity index (χ2n) is 5.38. The Hall–Kier alpha value is -1.78. The van der Waals surface area contributed by atoms with Crippen LogP contribution in [-0.4, -0.2) is 31.1 Å². The van der Waals surface area contributed by atoms with E-state index < -0.39 is 18.1 Å². The van der Waals surface area contributed by atoms with Crippen molar-refractivity contribution in [3.8, 4) is 0 Å². The van der Waals surface area contributed by atoms with Crippen LogP contribution >= 0.6 is 0 Å². The summed E-state index contributed by atoms with van der Waals surface area (Å²) in [5.74, 6) is 0. The molecule has 3 rings (SSSR count). The number of nitrogens with zero attached hydrogens (tertiary/aromatic N) is 1. The van der Waals surface area contributed by atoms with E-state index in [1.54, 1.807) is 11.9 Å². The molecule has 1 saturated heterocycles. The van der Waals surface area contributed by atoms with E-state index in [-0.39, 0.29) is 6.54 Å². The van der Waals surface area contributed by atoms with Crippen LogP contribution < -0.4 is 5.32 Å². The van der Waals surface area contributed by atoms with E-state index in [2.05, 4.69) is 5.32 Å². The van der Waals surface area contributed by atoms with E-state index in [1.807, 2.05) is 60.7 Å². The number of hydrogen-bond acceptors (Lipinski definition) is 2. The molecule has 0 amide bonds. The van der Waals surface area contributed by atoms with Gasteiger partial charge in [0.25, 0.3) is 0 Å². The van der Waals surface area contributed by atoms with E-state index >= 15 is 0 Å². The molecule has 0 aromatic heterocycles. The van der Waals surface area contributed by atoms with Crippen molar-refractivity contribution >= 4 is 0 Å². The smallest absolute Gasteiger partial charge is 0.180 e. The van der Waals surface area contributed by atoms with Crippen LogP contribution in [0.15, 0.2) is 60.7 Å². The molecule has 110 valence electrons. The zero-order chi connectivity index (χ0) is 14.9. The van der Waals surface area contributed by atoms with Gasteiger partial charge in [-0.05, 0) is 18.2 Å². The predicted molar refractivity (Wildman–Crippen MR) is 79.2 cm³/mol. The fourth-order valence-corrected chi connectivity index (χ4v) is 3.19. The van der Waals surface area contributed by atoms with Gasteiger partial charge >= 0.3 is 0 Å². The number of likely N-dealkylation sites (N-methyl/N-ethyl adjacent to an activating group) is 1. The molecule has 2 aromatic carbocycles. The average molecular weight is 288 g/mol. The average Bonchev–Trinajstić information content (AvgIpc) is 2.49. The fraction of sp³-hybridized carbons (Fsp3) is 0.294. The lowest BCUT2D eigenvalue weighted by Gasteiger charge is -2.49. The summed E-state index contributed by atoms with van der Waals surface area (Å²) >= 11 is 0. The molecule has 4 heteroatoms. The first kappa shape index (κ1) is 14.2. The first-order valence-corrected chi connectivity index (χ1v) is 7.02. The summed E-state index contributed by atoms with van der Waals surface area (Å²) in [7, 11) is 1.76. The van der Waals surface area contributed by atoms with Gasteiger partial charge in [0.05, 0.1) is 0 Å². The first-order chi connectivity index (χ1) is 10.2. The molecule has 2 unspecified atom stereocenters. The highest BCUT2D eigenvalue weighted by atomic mass is 19.2. The lowest BCUT2D eigenvalue weighted by atomic mass is 9.79. The van der Waals surface area contributed by atoms with Crippen molar-refractivity contribution in [2.45, 2.75) is 18.1 Å². The zero-order valence-corrected chi connectivity index (χ0v) is 11.8. The van der Waals surface area contributed by atoms with Gasteiger partial charge in [-0.1, -0.05) is 60.7 Å². The summed E-state index contributed by atoms with van der Waals surface area (Å²) < 4.78 is 28.6. The quantitative estimate of drug-likeness (QED) is 0.854. The van der Waals surface area contributed by atoms with E-state index in [1.165, 1.54) is 0 Å². The third kappa shape index (κ3) is 2.24. The largest absolute Gasteiger partial charge is 0.285 e. The Bertz CT molecular complexity index is 535. The van der Waals surface area contributed by atoms with Crippen LogP contribution in [0.25, 0.3) is 0 Å². The van der Waals surface area contributed by atoms with Gasteiger partial charge < -0.3 is 0 Å². The lowest BCUT2D eigenvalue weighted by molar-refractivity contribution is -0.0439.